The summed E-state index contributed by atoms with van der Waals surface area (Å²) in [5, 5.41) is 0. The number of hydrogen-bond acceptors (Lipinski definition) is 3. The third-order valence-electron chi connectivity index (χ3n) is 3.25. The molecule has 1 aliphatic rings. The molecule has 0 bridgehead atoms. The van der Waals surface area contributed by atoms with Crippen molar-refractivity contribution < 1.29 is 14.0 Å². The van der Waals surface area contributed by atoms with Crippen molar-refractivity contribution >= 4 is 12.6 Å². The van der Waals surface area contributed by atoms with E-state index in [1.54, 1.807) is 0 Å². The molecule has 0 saturated carbocycles. The molecule has 20 heavy (non-hydrogen) atoms. The Morgan fingerprint density at radius 3 is 2.80 bits per heavy atom. The van der Waals surface area contributed by atoms with Gasteiger partial charge >= 0.3 is 7.12 Å². The molecule has 3 rings (SSSR count). The fraction of sp³-hybridized carbons (Fsp3) is 0.250. The Hall–Kier alpha value is -1.78. The second kappa shape index (κ2) is 6.12. The van der Waals surface area contributed by atoms with Crippen LogP contribution >= 0.6 is 0 Å². The Bertz CT molecular complexity index is 559. The second-order valence-corrected chi connectivity index (χ2v) is 4.96. The van der Waals surface area contributed by atoms with E-state index in [0.29, 0.717) is 13.2 Å². The summed E-state index contributed by atoms with van der Waals surface area (Å²) in [6.45, 7) is 3.12. The molecule has 2 aromatic carbocycles. The van der Waals surface area contributed by atoms with E-state index in [9.17, 15) is 0 Å². The van der Waals surface area contributed by atoms with Crippen molar-refractivity contribution in [3.05, 3.63) is 60.2 Å². The summed E-state index contributed by atoms with van der Waals surface area (Å²) in [6, 6.07) is 18.0. The van der Waals surface area contributed by atoms with E-state index < -0.39 is 0 Å². The molecule has 0 aliphatic carbocycles. The highest BCUT2D eigenvalue weighted by Gasteiger charge is 2.33. The van der Waals surface area contributed by atoms with Crippen molar-refractivity contribution in [1.29, 1.82) is 0 Å². The van der Waals surface area contributed by atoms with Gasteiger partial charge in [0.05, 0.1) is 12.7 Å². The molecular weight excluding hydrogens is 251 g/mol. The molecule has 1 heterocycles. The van der Waals surface area contributed by atoms with Gasteiger partial charge < -0.3 is 14.0 Å². The maximum atomic E-state index is 5.85. The van der Waals surface area contributed by atoms with Crippen LogP contribution in [0.25, 0.3) is 0 Å². The van der Waals surface area contributed by atoms with Gasteiger partial charge in [0.25, 0.3) is 0 Å². The fourth-order valence-electron chi connectivity index (χ4n) is 2.21. The molecule has 3 nitrogen and oxygen atoms in total. The zero-order valence-corrected chi connectivity index (χ0v) is 11.5. The van der Waals surface area contributed by atoms with Gasteiger partial charge in [-0.15, -0.1) is 0 Å². The fourth-order valence-corrected chi connectivity index (χ4v) is 2.21. The molecule has 0 aromatic heterocycles. The van der Waals surface area contributed by atoms with Gasteiger partial charge in [-0.3, -0.25) is 0 Å². The van der Waals surface area contributed by atoms with Crippen LogP contribution in [0.4, 0.5) is 0 Å². The van der Waals surface area contributed by atoms with E-state index in [0.717, 1.165) is 11.2 Å². The first-order valence-electron chi connectivity index (χ1n) is 6.83. The number of ether oxygens (including phenoxy) is 1. The molecule has 4 heteroatoms. The van der Waals surface area contributed by atoms with Crippen LogP contribution in [0.3, 0.4) is 0 Å². The average Bonchev–Trinajstić information content (AvgIpc) is 2.95. The minimum Gasteiger partial charge on any atom is -0.491 e. The third kappa shape index (κ3) is 3.21. The summed E-state index contributed by atoms with van der Waals surface area (Å²) >= 11 is 0. The molecule has 1 atom stereocenters. The molecule has 1 aliphatic heterocycles. The first-order valence-corrected chi connectivity index (χ1v) is 6.83. The van der Waals surface area contributed by atoms with E-state index in [-0.39, 0.29) is 13.2 Å². The van der Waals surface area contributed by atoms with Gasteiger partial charge in [0.1, 0.15) is 12.4 Å². The zero-order chi connectivity index (χ0) is 13.8. The smallest absolute Gasteiger partial charge is 0.491 e. The minimum atomic E-state index is -0.276. The Morgan fingerprint density at radius 2 is 2.00 bits per heavy atom. The molecule has 0 amide bonds. The Kier molecular flexibility index (Phi) is 4.04. The van der Waals surface area contributed by atoms with Crippen molar-refractivity contribution in [3.8, 4) is 5.75 Å². The normalized spacial score (nSPS) is 18.2. The maximum Gasteiger partial charge on any atom is 0.494 e. The van der Waals surface area contributed by atoms with E-state index in [1.165, 1.54) is 5.56 Å². The van der Waals surface area contributed by atoms with Crippen molar-refractivity contribution in [2.75, 3.05) is 13.2 Å². The summed E-state index contributed by atoms with van der Waals surface area (Å²) in [6.07, 6.45) is -0.0271. The first-order chi connectivity index (χ1) is 9.81. The van der Waals surface area contributed by atoms with Crippen molar-refractivity contribution in [3.63, 3.8) is 0 Å². The lowest BCUT2D eigenvalue weighted by atomic mass is 9.79. The second-order valence-electron chi connectivity index (χ2n) is 4.96. The highest BCUT2D eigenvalue weighted by Crippen LogP contribution is 2.15. The lowest BCUT2D eigenvalue weighted by molar-refractivity contribution is 0.148. The molecule has 0 spiro atoms. The van der Waals surface area contributed by atoms with Crippen LogP contribution in [-0.4, -0.2) is 26.4 Å². The third-order valence-corrected chi connectivity index (χ3v) is 3.25. The molecule has 1 saturated heterocycles. The number of rotatable bonds is 4. The van der Waals surface area contributed by atoms with Gasteiger partial charge in [-0.25, -0.2) is 0 Å². The van der Waals surface area contributed by atoms with E-state index in [1.807, 2.05) is 61.5 Å². The Labute approximate surface area is 119 Å². The first kappa shape index (κ1) is 13.2. The van der Waals surface area contributed by atoms with Crippen molar-refractivity contribution in [2.24, 2.45) is 0 Å². The van der Waals surface area contributed by atoms with Crippen LogP contribution in [0.2, 0.25) is 0 Å². The lowest BCUT2D eigenvalue weighted by Gasteiger charge is -2.12. The van der Waals surface area contributed by atoms with Crippen LogP contribution in [-0.2, 0) is 9.31 Å². The van der Waals surface area contributed by atoms with Crippen molar-refractivity contribution in [1.82, 2.24) is 0 Å². The summed E-state index contributed by atoms with van der Waals surface area (Å²) in [5.41, 5.74) is 2.24. The predicted octanol–water partition coefficient (Wildman–Crippen LogP) is 2.18. The monoisotopic (exact) mass is 268 g/mol. The SMILES string of the molecule is Cc1cccc(OCC2COB(c3ccccc3)O2)c1. The van der Waals surface area contributed by atoms with Crippen LogP contribution in [0.5, 0.6) is 5.75 Å². The predicted molar refractivity (Wildman–Crippen MR) is 79.3 cm³/mol. The molecule has 2 aromatic rings. The van der Waals surface area contributed by atoms with E-state index in [2.05, 4.69) is 0 Å². The van der Waals surface area contributed by atoms with Gasteiger partial charge in [0.2, 0.25) is 0 Å². The molecular formula is C16H17BO3. The summed E-state index contributed by atoms with van der Waals surface area (Å²) in [7, 11) is -0.276. The Morgan fingerprint density at radius 1 is 1.15 bits per heavy atom. The van der Waals surface area contributed by atoms with Gasteiger partial charge in [-0.2, -0.15) is 0 Å². The van der Waals surface area contributed by atoms with Gasteiger partial charge in [0, 0.05) is 0 Å². The van der Waals surface area contributed by atoms with Gasteiger partial charge in [0.15, 0.2) is 0 Å². The van der Waals surface area contributed by atoms with E-state index >= 15 is 0 Å². The van der Waals surface area contributed by atoms with Crippen LogP contribution in [0.1, 0.15) is 5.56 Å². The Balaban J connectivity index is 1.53. The van der Waals surface area contributed by atoms with Gasteiger partial charge in [-0.1, -0.05) is 42.5 Å². The highest BCUT2D eigenvalue weighted by molar-refractivity contribution is 6.61. The molecule has 0 N–H and O–H groups in total. The molecule has 0 radical (unpaired) electrons. The highest BCUT2D eigenvalue weighted by atomic mass is 16.7. The molecule has 1 unspecified atom stereocenters. The van der Waals surface area contributed by atoms with Crippen LogP contribution in [0, 0.1) is 6.92 Å². The maximum absolute atomic E-state index is 5.85. The van der Waals surface area contributed by atoms with Crippen LogP contribution in [0.15, 0.2) is 54.6 Å². The van der Waals surface area contributed by atoms with E-state index in [4.69, 9.17) is 14.0 Å². The average molecular weight is 268 g/mol. The minimum absolute atomic E-state index is 0.0271. The summed E-state index contributed by atoms with van der Waals surface area (Å²) < 4.78 is 17.3. The number of aryl methyl sites for hydroxylation is 1. The topological polar surface area (TPSA) is 27.7 Å². The number of hydrogen-bond donors (Lipinski definition) is 0. The summed E-state index contributed by atoms with van der Waals surface area (Å²) in [5.74, 6) is 0.872. The lowest BCUT2D eigenvalue weighted by Crippen LogP contribution is -2.33. The standard InChI is InChI=1S/C16H17BO3/c1-13-6-5-9-15(10-13)18-11-16-12-19-17(20-16)14-7-3-2-4-8-14/h2-10,16H,11-12H2,1H3. The zero-order valence-electron chi connectivity index (χ0n) is 11.5. The molecule has 1 fully saturated rings. The summed E-state index contributed by atoms with van der Waals surface area (Å²) in [4.78, 5) is 0. The largest absolute Gasteiger partial charge is 0.494 e. The number of benzene rings is 2. The van der Waals surface area contributed by atoms with Crippen LogP contribution < -0.4 is 10.2 Å². The molecule has 102 valence electrons. The quantitative estimate of drug-likeness (QED) is 0.795. The van der Waals surface area contributed by atoms with Crippen molar-refractivity contribution in [2.45, 2.75) is 13.0 Å². The van der Waals surface area contributed by atoms with Gasteiger partial charge in [-0.05, 0) is 30.1 Å².